The summed E-state index contributed by atoms with van der Waals surface area (Å²) >= 11 is 5.84. The second-order valence-electron chi connectivity index (χ2n) is 6.87. The highest BCUT2D eigenvalue weighted by atomic mass is 35.5. The normalized spacial score (nSPS) is 27.9. The fourth-order valence-electron chi connectivity index (χ4n) is 3.32. The highest BCUT2D eigenvalue weighted by Crippen LogP contribution is 2.59. The number of fused-ring (bicyclic) bond motifs is 1. The van der Waals surface area contributed by atoms with E-state index in [-0.39, 0.29) is 23.9 Å². The van der Waals surface area contributed by atoms with E-state index in [4.69, 9.17) is 31.6 Å². The summed E-state index contributed by atoms with van der Waals surface area (Å²) in [4.78, 5) is 38.8. The average molecular weight is 458 g/mol. The number of aliphatic hydroxyl groups is 1. The Balaban J connectivity index is 1.79. The number of nitrogens with two attached hydrogens (primary N) is 1. The molecule has 0 aliphatic heterocycles. The molecule has 0 radical (unpaired) electrons. The lowest BCUT2D eigenvalue weighted by Crippen LogP contribution is -2.20. The molecule has 0 aromatic carbocycles. The molecule has 28 heavy (non-hydrogen) atoms. The quantitative estimate of drug-likeness (QED) is 0.304. The van der Waals surface area contributed by atoms with Crippen LogP contribution in [0.5, 0.6) is 0 Å². The van der Waals surface area contributed by atoms with Crippen molar-refractivity contribution in [2.75, 3.05) is 12.3 Å². The molecule has 3 rings (SSSR count). The molecule has 2 aromatic rings. The Morgan fingerprint density at radius 3 is 2.68 bits per heavy atom. The van der Waals surface area contributed by atoms with Crippen LogP contribution in [-0.2, 0) is 18.0 Å². The predicted molar refractivity (Wildman–Crippen MR) is 96.0 cm³/mol. The van der Waals surface area contributed by atoms with Gasteiger partial charge in [-0.2, -0.15) is 14.3 Å². The predicted octanol–water partition coefficient (Wildman–Crippen LogP) is 0.990. The topological polar surface area (TPSA) is 203 Å². The second kappa shape index (κ2) is 7.28. The van der Waals surface area contributed by atoms with Gasteiger partial charge in [0, 0.05) is 0 Å². The lowest BCUT2D eigenvalue weighted by Gasteiger charge is -2.25. The zero-order chi connectivity index (χ0) is 20.9. The number of rotatable bonds is 6. The van der Waals surface area contributed by atoms with Crippen molar-refractivity contribution in [1.29, 1.82) is 0 Å². The Morgan fingerprint density at radius 1 is 1.36 bits per heavy atom. The van der Waals surface area contributed by atoms with Crippen LogP contribution in [-0.4, -0.2) is 52.0 Å². The molecule has 1 aliphatic carbocycles. The summed E-state index contributed by atoms with van der Waals surface area (Å²) in [7, 11) is -10.2. The third-order valence-corrected chi connectivity index (χ3v) is 6.71. The number of hydrogen-bond acceptors (Lipinski definition) is 9. The third-order valence-electron chi connectivity index (χ3n) is 4.41. The van der Waals surface area contributed by atoms with Crippen LogP contribution in [0.3, 0.4) is 0 Å². The van der Waals surface area contributed by atoms with Crippen LogP contribution < -0.4 is 5.73 Å². The van der Waals surface area contributed by atoms with E-state index in [2.05, 4.69) is 19.3 Å². The molecule has 2 heterocycles. The summed E-state index contributed by atoms with van der Waals surface area (Å²) in [6.45, 7) is 1.29. The maximum Gasteiger partial charge on any atom is 0.481 e. The van der Waals surface area contributed by atoms with Gasteiger partial charge in [-0.15, -0.1) is 0 Å². The molecule has 1 aliphatic rings. The van der Waals surface area contributed by atoms with Gasteiger partial charge in [0.2, 0.25) is 5.28 Å². The third kappa shape index (κ3) is 4.70. The lowest BCUT2D eigenvalue weighted by atomic mass is 9.90. The summed E-state index contributed by atoms with van der Waals surface area (Å²) < 4.78 is 32.5. The molecule has 1 unspecified atom stereocenters. The van der Waals surface area contributed by atoms with E-state index in [0.717, 1.165) is 0 Å². The summed E-state index contributed by atoms with van der Waals surface area (Å²) in [6.07, 6.45) is 0.987. The molecule has 6 N–H and O–H groups in total. The van der Waals surface area contributed by atoms with Gasteiger partial charge < -0.3 is 30.1 Å². The van der Waals surface area contributed by atoms with Crippen molar-refractivity contribution in [3.8, 4) is 0 Å². The van der Waals surface area contributed by atoms with Crippen LogP contribution in [0.25, 0.3) is 11.2 Å². The van der Waals surface area contributed by atoms with Gasteiger partial charge in [-0.25, -0.2) is 14.1 Å². The second-order valence-corrected chi connectivity index (χ2v) is 10.0. The molecular weight excluding hydrogens is 440 g/mol. The monoisotopic (exact) mass is 457 g/mol. The number of nitrogens with zero attached hydrogens (tertiary/aromatic N) is 4. The number of imidazole rings is 1. The van der Waals surface area contributed by atoms with Crippen molar-refractivity contribution >= 4 is 44.2 Å². The number of phosphoric acid groups is 2. The summed E-state index contributed by atoms with van der Waals surface area (Å²) in [5.74, 6) is 0.0862. The molecule has 1 saturated carbocycles. The smallest absolute Gasteiger partial charge is 0.391 e. The number of aromatic nitrogens is 4. The van der Waals surface area contributed by atoms with Crippen LogP contribution >= 0.6 is 27.2 Å². The molecule has 13 nitrogen and oxygen atoms in total. The molecule has 0 amide bonds. The SMILES string of the molecule is C[C@@]1(COP(=O)(O)OP(=O)(O)O)C[C@@H](O)[C@H](n2cnc3c(N)nc(Cl)nc32)C1. The van der Waals surface area contributed by atoms with E-state index in [1.165, 1.54) is 6.33 Å². The highest BCUT2D eigenvalue weighted by Gasteiger charge is 2.45. The Bertz CT molecular complexity index is 998. The van der Waals surface area contributed by atoms with Crippen molar-refractivity contribution in [3.63, 3.8) is 0 Å². The number of phosphoric ester groups is 1. The number of halogens is 1. The first-order valence-electron chi connectivity index (χ1n) is 7.86. The Hall–Kier alpha value is -1.14. The van der Waals surface area contributed by atoms with Crippen LogP contribution in [0.4, 0.5) is 5.82 Å². The van der Waals surface area contributed by atoms with E-state index in [1.807, 2.05) is 0 Å². The van der Waals surface area contributed by atoms with Gasteiger partial charge in [0.1, 0.15) is 5.52 Å². The zero-order valence-electron chi connectivity index (χ0n) is 14.4. The molecule has 0 saturated heterocycles. The van der Waals surface area contributed by atoms with E-state index >= 15 is 0 Å². The maximum absolute atomic E-state index is 11.7. The van der Waals surface area contributed by atoms with Gasteiger partial charge in [-0.1, -0.05) is 6.92 Å². The highest BCUT2D eigenvalue weighted by molar-refractivity contribution is 7.60. The molecule has 4 atom stereocenters. The Morgan fingerprint density at radius 2 is 2.04 bits per heavy atom. The molecular formula is C12H18ClN5O8P2. The maximum atomic E-state index is 11.7. The first-order chi connectivity index (χ1) is 12.8. The van der Waals surface area contributed by atoms with Crippen molar-refractivity contribution in [3.05, 3.63) is 11.6 Å². The zero-order valence-corrected chi connectivity index (χ0v) is 17.0. The van der Waals surface area contributed by atoms with Crippen LogP contribution in [0, 0.1) is 5.41 Å². The Kier molecular flexibility index (Phi) is 5.61. The van der Waals surface area contributed by atoms with Crippen molar-refractivity contribution in [2.45, 2.75) is 31.9 Å². The van der Waals surface area contributed by atoms with Crippen LogP contribution in [0.2, 0.25) is 5.28 Å². The van der Waals surface area contributed by atoms with E-state index in [0.29, 0.717) is 11.2 Å². The molecule has 0 spiro atoms. The first kappa shape index (κ1) is 21.6. The minimum absolute atomic E-state index is 0.0823. The van der Waals surface area contributed by atoms with Gasteiger partial charge in [0.25, 0.3) is 0 Å². The van der Waals surface area contributed by atoms with E-state index < -0.39 is 39.8 Å². The average Bonchev–Trinajstić information content (AvgIpc) is 3.04. The van der Waals surface area contributed by atoms with Gasteiger partial charge >= 0.3 is 15.6 Å². The molecule has 0 bridgehead atoms. The standard InChI is InChI=1S/C12H18ClN5O8P2/c1-12(4-25-28(23,24)26-27(20,21)22)2-6(7(19)3-12)18-5-15-8-9(14)16-11(13)17-10(8)18/h5-7,19H,2-4H2,1H3,(H,23,24)(H2,14,16,17)(H2,20,21,22)/t6-,7-,12+/m1/s1. The van der Waals surface area contributed by atoms with Crippen LogP contribution in [0.15, 0.2) is 6.33 Å². The summed E-state index contributed by atoms with van der Waals surface area (Å²) in [5.41, 5.74) is 5.61. The fourth-order valence-corrected chi connectivity index (χ4v) is 5.23. The van der Waals surface area contributed by atoms with Crippen molar-refractivity contribution in [1.82, 2.24) is 19.5 Å². The lowest BCUT2D eigenvalue weighted by molar-refractivity contribution is 0.0980. The van der Waals surface area contributed by atoms with Crippen molar-refractivity contribution in [2.24, 2.45) is 5.41 Å². The van der Waals surface area contributed by atoms with Crippen molar-refractivity contribution < 1.29 is 37.8 Å². The first-order valence-corrected chi connectivity index (χ1v) is 11.3. The van der Waals surface area contributed by atoms with E-state index in [9.17, 15) is 19.1 Å². The minimum atomic E-state index is -5.21. The van der Waals surface area contributed by atoms with Gasteiger partial charge in [-0.05, 0) is 29.9 Å². The molecule has 2 aromatic heterocycles. The number of aliphatic hydroxyl groups excluding tert-OH is 1. The van der Waals surface area contributed by atoms with Gasteiger partial charge in [-0.3, -0.25) is 4.52 Å². The number of anilines is 1. The molecule has 16 heteroatoms. The molecule has 156 valence electrons. The summed E-state index contributed by atoms with van der Waals surface area (Å²) in [6, 6.07) is -0.523. The van der Waals surface area contributed by atoms with Gasteiger partial charge in [0.15, 0.2) is 11.5 Å². The largest absolute Gasteiger partial charge is 0.481 e. The minimum Gasteiger partial charge on any atom is -0.391 e. The number of nitrogen functional groups attached to an aromatic ring is 1. The number of hydrogen-bond donors (Lipinski definition) is 5. The summed E-state index contributed by atoms with van der Waals surface area (Å²) in [5, 5.41) is 10.4. The fraction of sp³-hybridized carbons (Fsp3) is 0.583. The van der Waals surface area contributed by atoms with Crippen LogP contribution in [0.1, 0.15) is 25.8 Å². The Labute approximate surface area is 163 Å². The van der Waals surface area contributed by atoms with Gasteiger partial charge in [0.05, 0.1) is 25.1 Å². The van der Waals surface area contributed by atoms with E-state index in [1.54, 1.807) is 11.5 Å². The molecule has 1 fully saturated rings.